The van der Waals surface area contributed by atoms with Gasteiger partial charge in [0, 0.05) is 10.9 Å². The third-order valence-electron chi connectivity index (χ3n) is 2.34. The summed E-state index contributed by atoms with van der Waals surface area (Å²) in [6.45, 7) is 2.59. The van der Waals surface area contributed by atoms with Gasteiger partial charge in [-0.1, -0.05) is 0 Å². The fraction of sp³-hybridized carbons (Fsp3) is 0.273. The molecule has 14 heavy (non-hydrogen) atoms. The summed E-state index contributed by atoms with van der Waals surface area (Å²) >= 11 is 0. The van der Waals surface area contributed by atoms with Crippen molar-refractivity contribution in [1.82, 2.24) is 5.32 Å². The molecule has 0 atom stereocenters. The highest BCUT2D eigenvalue weighted by Gasteiger charge is 2.07. The van der Waals surface area contributed by atoms with E-state index in [9.17, 15) is 5.11 Å². The Morgan fingerprint density at radius 3 is 2.93 bits per heavy atom. The number of benzene rings is 1. The molecular formula is C11H13NO2. The van der Waals surface area contributed by atoms with Crippen LogP contribution in [0.3, 0.4) is 0 Å². The van der Waals surface area contributed by atoms with Crippen LogP contribution >= 0.6 is 0 Å². The summed E-state index contributed by atoms with van der Waals surface area (Å²) in [6, 6.07) is 5.40. The molecular weight excluding hydrogens is 178 g/mol. The number of rotatable bonds is 2. The minimum atomic E-state index is 0.314. The second-order valence-electron chi connectivity index (χ2n) is 3.36. The number of phenolic OH excluding ortho intramolecular Hbond substituents is 1. The van der Waals surface area contributed by atoms with Gasteiger partial charge >= 0.3 is 0 Å². The average molecular weight is 191 g/mol. The predicted octanol–water partition coefficient (Wildman–Crippen LogP) is 2.17. The average Bonchev–Trinajstić information content (AvgIpc) is 2.56. The fourth-order valence-corrected chi connectivity index (χ4v) is 1.55. The lowest BCUT2D eigenvalue weighted by Gasteiger charge is -1.97. The molecule has 0 bridgehead atoms. The molecule has 1 heterocycles. The van der Waals surface area contributed by atoms with E-state index in [1.165, 1.54) is 0 Å². The first-order valence-electron chi connectivity index (χ1n) is 4.58. The van der Waals surface area contributed by atoms with Crippen LogP contribution in [0.25, 0.3) is 11.0 Å². The zero-order valence-electron chi connectivity index (χ0n) is 8.29. The molecule has 3 heteroatoms. The summed E-state index contributed by atoms with van der Waals surface area (Å²) in [5.41, 5.74) is 1.69. The van der Waals surface area contributed by atoms with Crippen molar-refractivity contribution in [2.75, 3.05) is 7.05 Å². The van der Waals surface area contributed by atoms with Gasteiger partial charge in [0.15, 0.2) is 0 Å². The number of hydrogen-bond donors (Lipinski definition) is 2. The van der Waals surface area contributed by atoms with E-state index < -0.39 is 0 Å². The second kappa shape index (κ2) is 3.35. The molecule has 0 aliphatic rings. The second-order valence-corrected chi connectivity index (χ2v) is 3.36. The minimum Gasteiger partial charge on any atom is -0.508 e. The van der Waals surface area contributed by atoms with Crippen LogP contribution in [-0.2, 0) is 6.54 Å². The SMILES string of the molecule is CNCc1cc2c(C)c(O)ccc2o1. The molecule has 1 aromatic carbocycles. The Labute approximate surface area is 82.3 Å². The van der Waals surface area contributed by atoms with Crippen molar-refractivity contribution in [2.24, 2.45) is 0 Å². The monoisotopic (exact) mass is 191 g/mol. The van der Waals surface area contributed by atoms with E-state index in [0.717, 1.165) is 22.3 Å². The smallest absolute Gasteiger partial charge is 0.134 e. The van der Waals surface area contributed by atoms with E-state index in [1.54, 1.807) is 12.1 Å². The molecule has 0 saturated carbocycles. The fourth-order valence-electron chi connectivity index (χ4n) is 1.55. The Morgan fingerprint density at radius 2 is 2.21 bits per heavy atom. The van der Waals surface area contributed by atoms with Crippen LogP contribution in [0.2, 0.25) is 0 Å². The lowest BCUT2D eigenvalue weighted by atomic mass is 10.1. The molecule has 2 N–H and O–H groups in total. The zero-order valence-corrected chi connectivity index (χ0v) is 8.29. The van der Waals surface area contributed by atoms with Gasteiger partial charge in [0.1, 0.15) is 17.1 Å². The van der Waals surface area contributed by atoms with E-state index in [0.29, 0.717) is 12.3 Å². The summed E-state index contributed by atoms with van der Waals surface area (Å²) in [5, 5.41) is 13.5. The molecule has 0 amide bonds. The molecule has 0 aliphatic carbocycles. The standard InChI is InChI=1S/C11H13NO2/c1-7-9-5-8(6-12-2)14-11(9)4-3-10(7)13/h3-5,12-13H,6H2,1-2H3. The minimum absolute atomic E-state index is 0.314. The van der Waals surface area contributed by atoms with Gasteiger partial charge in [0.2, 0.25) is 0 Å². The molecule has 0 saturated heterocycles. The Balaban J connectivity index is 2.59. The van der Waals surface area contributed by atoms with Crippen LogP contribution in [-0.4, -0.2) is 12.2 Å². The summed E-state index contributed by atoms with van der Waals surface area (Å²) in [4.78, 5) is 0. The van der Waals surface area contributed by atoms with Gasteiger partial charge in [-0.05, 0) is 32.2 Å². The van der Waals surface area contributed by atoms with E-state index in [2.05, 4.69) is 5.32 Å². The van der Waals surface area contributed by atoms with Crippen molar-refractivity contribution < 1.29 is 9.52 Å². The Kier molecular flexibility index (Phi) is 2.17. The molecule has 2 rings (SSSR count). The molecule has 3 nitrogen and oxygen atoms in total. The maximum absolute atomic E-state index is 9.50. The first-order valence-corrected chi connectivity index (χ1v) is 4.58. The van der Waals surface area contributed by atoms with Crippen molar-refractivity contribution >= 4 is 11.0 Å². The van der Waals surface area contributed by atoms with Gasteiger partial charge in [-0.2, -0.15) is 0 Å². The predicted molar refractivity (Wildman–Crippen MR) is 55.4 cm³/mol. The summed E-state index contributed by atoms with van der Waals surface area (Å²) in [6.07, 6.45) is 0. The summed E-state index contributed by atoms with van der Waals surface area (Å²) < 4.78 is 5.57. The lowest BCUT2D eigenvalue weighted by molar-refractivity contribution is 0.471. The molecule has 0 unspecified atom stereocenters. The van der Waals surface area contributed by atoms with Gasteiger partial charge in [0.05, 0.1) is 6.54 Å². The van der Waals surface area contributed by atoms with Gasteiger partial charge < -0.3 is 14.8 Å². The first kappa shape index (κ1) is 9.09. The normalized spacial score (nSPS) is 11.0. The van der Waals surface area contributed by atoms with Gasteiger partial charge in [0.25, 0.3) is 0 Å². The van der Waals surface area contributed by atoms with E-state index in [4.69, 9.17) is 4.42 Å². The molecule has 0 fully saturated rings. The molecule has 1 aromatic heterocycles. The third kappa shape index (κ3) is 1.36. The molecule has 0 spiro atoms. The van der Waals surface area contributed by atoms with Crippen LogP contribution < -0.4 is 5.32 Å². The molecule has 74 valence electrons. The van der Waals surface area contributed by atoms with E-state index in [1.807, 2.05) is 20.0 Å². The first-order chi connectivity index (χ1) is 6.72. The number of fused-ring (bicyclic) bond motifs is 1. The lowest BCUT2D eigenvalue weighted by Crippen LogP contribution is -2.03. The van der Waals surface area contributed by atoms with Crippen molar-refractivity contribution in [3.8, 4) is 5.75 Å². The molecule has 0 aliphatic heterocycles. The number of phenols is 1. The zero-order chi connectivity index (χ0) is 10.1. The molecule has 0 radical (unpaired) electrons. The Bertz CT molecular complexity index is 460. The van der Waals surface area contributed by atoms with Crippen molar-refractivity contribution in [2.45, 2.75) is 13.5 Å². The Hall–Kier alpha value is -1.48. The van der Waals surface area contributed by atoms with Crippen LogP contribution in [0.15, 0.2) is 22.6 Å². The quantitative estimate of drug-likeness (QED) is 0.764. The third-order valence-corrected chi connectivity index (χ3v) is 2.34. The summed E-state index contributed by atoms with van der Waals surface area (Å²) in [5.74, 6) is 1.20. The van der Waals surface area contributed by atoms with Crippen LogP contribution in [0.1, 0.15) is 11.3 Å². The highest BCUT2D eigenvalue weighted by atomic mass is 16.3. The van der Waals surface area contributed by atoms with Gasteiger partial charge in [-0.3, -0.25) is 0 Å². The Morgan fingerprint density at radius 1 is 1.43 bits per heavy atom. The summed E-state index contributed by atoms with van der Waals surface area (Å²) in [7, 11) is 1.87. The number of aromatic hydroxyl groups is 1. The number of aryl methyl sites for hydroxylation is 1. The number of furan rings is 1. The maximum Gasteiger partial charge on any atom is 0.134 e. The van der Waals surface area contributed by atoms with E-state index in [-0.39, 0.29) is 0 Å². The topological polar surface area (TPSA) is 45.4 Å². The number of hydrogen-bond acceptors (Lipinski definition) is 3. The van der Waals surface area contributed by atoms with Crippen LogP contribution in [0, 0.1) is 6.92 Å². The maximum atomic E-state index is 9.50. The van der Waals surface area contributed by atoms with E-state index >= 15 is 0 Å². The number of nitrogens with one attached hydrogen (secondary N) is 1. The van der Waals surface area contributed by atoms with Crippen LogP contribution in [0.4, 0.5) is 0 Å². The highest BCUT2D eigenvalue weighted by molar-refractivity contribution is 5.83. The van der Waals surface area contributed by atoms with Crippen molar-refractivity contribution in [1.29, 1.82) is 0 Å². The van der Waals surface area contributed by atoms with Crippen molar-refractivity contribution in [3.63, 3.8) is 0 Å². The van der Waals surface area contributed by atoms with Crippen molar-refractivity contribution in [3.05, 3.63) is 29.5 Å². The van der Waals surface area contributed by atoms with Crippen LogP contribution in [0.5, 0.6) is 5.75 Å². The molecule has 2 aromatic rings. The van der Waals surface area contributed by atoms with Gasteiger partial charge in [-0.15, -0.1) is 0 Å². The largest absolute Gasteiger partial charge is 0.508 e. The highest BCUT2D eigenvalue weighted by Crippen LogP contribution is 2.28. The van der Waals surface area contributed by atoms with Gasteiger partial charge in [-0.25, -0.2) is 0 Å².